The maximum Gasteiger partial charge on any atom is 0.325 e. The van der Waals surface area contributed by atoms with Crippen LogP contribution >= 0.6 is 0 Å². The molecule has 2 heterocycles. The van der Waals surface area contributed by atoms with Crippen molar-refractivity contribution < 1.29 is 14.3 Å². The van der Waals surface area contributed by atoms with E-state index in [2.05, 4.69) is 20.2 Å². The van der Waals surface area contributed by atoms with Gasteiger partial charge in [0.25, 0.3) is 5.91 Å². The van der Waals surface area contributed by atoms with Crippen molar-refractivity contribution in [1.82, 2.24) is 15.3 Å². The van der Waals surface area contributed by atoms with Gasteiger partial charge in [-0.05, 0) is 24.8 Å². The highest BCUT2D eigenvalue weighted by molar-refractivity contribution is 5.94. The molecule has 2 aromatic rings. The molecule has 26 heavy (non-hydrogen) atoms. The summed E-state index contributed by atoms with van der Waals surface area (Å²) in [4.78, 5) is 34.4. The molecular formula is C19H22N4O3. The van der Waals surface area contributed by atoms with Gasteiger partial charge in [-0.3, -0.25) is 9.59 Å². The number of piperidine rings is 1. The predicted octanol–water partition coefficient (Wildman–Crippen LogP) is 1.94. The minimum absolute atomic E-state index is 0.183. The Morgan fingerprint density at radius 3 is 2.62 bits per heavy atom. The third kappa shape index (κ3) is 5.02. The van der Waals surface area contributed by atoms with E-state index in [4.69, 9.17) is 4.74 Å². The number of benzene rings is 1. The predicted molar refractivity (Wildman–Crippen MR) is 96.7 cm³/mol. The number of hydrogen-bond acceptors (Lipinski definition) is 6. The molecule has 1 aromatic heterocycles. The van der Waals surface area contributed by atoms with Crippen molar-refractivity contribution in [2.45, 2.75) is 25.9 Å². The van der Waals surface area contributed by atoms with E-state index < -0.39 is 11.9 Å². The maximum absolute atomic E-state index is 12.2. The van der Waals surface area contributed by atoms with Crippen molar-refractivity contribution in [3.8, 4) is 0 Å². The summed E-state index contributed by atoms with van der Waals surface area (Å²) >= 11 is 0. The van der Waals surface area contributed by atoms with Gasteiger partial charge in [0.2, 0.25) is 0 Å². The highest BCUT2D eigenvalue weighted by atomic mass is 16.5. The quantitative estimate of drug-likeness (QED) is 0.798. The van der Waals surface area contributed by atoms with Crippen molar-refractivity contribution in [1.29, 1.82) is 0 Å². The second-order valence-electron chi connectivity index (χ2n) is 6.14. The molecule has 1 amide bonds. The van der Waals surface area contributed by atoms with Crippen LogP contribution in [0, 0.1) is 0 Å². The van der Waals surface area contributed by atoms with Gasteiger partial charge in [-0.1, -0.05) is 30.3 Å². The highest BCUT2D eigenvalue weighted by Crippen LogP contribution is 2.17. The van der Waals surface area contributed by atoms with Crippen molar-refractivity contribution in [2.75, 3.05) is 24.5 Å². The Balaban J connectivity index is 1.49. The Morgan fingerprint density at radius 2 is 1.85 bits per heavy atom. The van der Waals surface area contributed by atoms with Crippen LogP contribution in [-0.2, 0) is 16.1 Å². The van der Waals surface area contributed by atoms with Gasteiger partial charge in [-0.2, -0.15) is 0 Å². The van der Waals surface area contributed by atoms with Gasteiger partial charge in [0.1, 0.15) is 31.0 Å². The van der Waals surface area contributed by atoms with Gasteiger partial charge >= 0.3 is 5.97 Å². The van der Waals surface area contributed by atoms with Gasteiger partial charge in [-0.15, -0.1) is 0 Å². The molecule has 0 spiro atoms. The number of hydrogen-bond donors (Lipinski definition) is 1. The Kier molecular flexibility index (Phi) is 6.14. The fourth-order valence-corrected chi connectivity index (χ4v) is 2.80. The molecule has 3 rings (SSSR count). The summed E-state index contributed by atoms with van der Waals surface area (Å²) in [5.74, 6) is -0.161. The minimum atomic E-state index is -0.493. The monoisotopic (exact) mass is 354 g/mol. The molecule has 1 saturated heterocycles. The topological polar surface area (TPSA) is 84.4 Å². The third-order valence-corrected chi connectivity index (χ3v) is 4.20. The van der Waals surface area contributed by atoms with Crippen LogP contribution in [0.5, 0.6) is 0 Å². The fraction of sp³-hybridized carbons (Fsp3) is 0.368. The fourth-order valence-electron chi connectivity index (χ4n) is 2.80. The van der Waals surface area contributed by atoms with E-state index in [0.29, 0.717) is 0 Å². The summed E-state index contributed by atoms with van der Waals surface area (Å²) in [6, 6.07) is 11.0. The number of anilines is 1. The molecule has 0 bridgehead atoms. The van der Waals surface area contributed by atoms with Crippen LogP contribution in [0.1, 0.15) is 35.3 Å². The van der Waals surface area contributed by atoms with E-state index >= 15 is 0 Å². The van der Waals surface area contributed by atoms with Crippen molar-refractivity contribution >= 4 is 17.7 Å². The summed E-state index contributed by atoms with van der Waals surface area (Å²) < 4.78 is 5.14. The number of ether oxygens (including phenoxy) is 1. The van der Waals surface area contributed by atoms with E-state index in [1.807, 2.05) is 30.3 Å². The van der Waals surface area contributed by atoms with E-state index in [0.717, 1.165) is 37.3 Å². The summed E-state index contributed by atoms with van der Waals surface area (Å²) in [6.07, 6.45) is 4.85. The van der Waals surface area contributed by atoms with Crippen molar-refractivity contribution in [3.05, 3.63) is 54.0 Å². The molecular weight excluding hydrogens is 332 g/mol. The molecule has 0 saturated carbocycles. The largest absolute Gasteiger partial charge is 0.460 e. The van der Waals surface area contributed by atoms with Crippen LogP contribution in [0.15, 0.2) is 42.7 Å². The second-order valence-corrected chi connectivity index (χ2v) is 6.14. The summed E-state index contributed by atoms with van der Waals surface area (Å²) in [7, 11) is 0. The zero-order chi connectivity index (χ0) is 18.2. The zero-order valence-corrected chi connectivity index (χ0v) is 14.6. The smallest absolute Gasteiger partial charge is 0.325 e. The maximum atomic E-state index is 12.2. The average molecular weight is 354 g/mol. The number of carbonyl (C=O) groups is 2. The lowest BCUT2D eigenvalue weighted by atomic mass is 10.1. The molecule has 0 radical (unpaired) electrons. The lowest BCUT2D eigenvalue weighted by Crippen LogP contribution is -2.33. The normalized spacial score (nSPS) is 13.9. The van der Waals surface area contributed by atoms with Crippen LogP contribution in [0.4, 0.5) is 5.82 Å². The van der Waals surface area contributed by atoms with E-state index in [1.165, 1.54) is 12.7 Å². The number of rotatable bonds is 6. The first kappa shape index (κ1) is 17.8. The van der Waals surface area contributed by atoms with Crippen LogP contribution in [-0.4, -0.2) is 41.5 Å². The first-order valence-corrected chi connectivity index (χ1v) is 8.77. The molecule has 0 aliphatic carbocycles. The molecule has 1 N–H and O–H groups in total. The molecule has 0 atom stereocenters. The highest BCUT2D eigenvalue weighted by Gasteiger charge is 2.16. The number of amides is 1. The van der Waals surface area contributed by atoms with Crippen LogP contribution in [0.2, 0.25) is 0 Å². The average Bonchev–Trinajstić information content (AvgIpc) is 2.72. The number of nitrogens with zero attached hydrogens (tertiary/aromatic N) is 3. The summed E-state index contributed by atoms with van der Waals surface area (Å²) in [5.41, 5.74) is 1.14. The number of carbonyl (C=O) groups excluding carboxylic acids is 2. The standard InChI is InChI=1S/C19H22N4O3/c24-18(26-13-15-7-3-1-4-8-15)12-20-19(25)16-11-17(22-14-21-16)23-9-5-2-6-10-23/h1,3-4,7-8,11,14H,2,5-6,9-10,12-13H2,(H,20,25). The van der Waals surface area contributed by atoms with Gasteiger partial charge in [-0.25, -0.2) is 9.97 Å². The molecule has 7 heteroatoms. The SMILES string of the molecule is O=C(CNC(=O)c1cc(N2CCCCC2)ncn1)OCc1ccccc1. The van der Waals surface area contributed by atoms with Crippen molar-refractivity contribution in [2.24, 2.45) is 0 Å². The van der Waals surface area contributed by atoms with Crippen LogP contribution in [0.3, 0.4) is 0 Å². The first-order valence-electron chi connectivity index (χ1n) is 8.77. The van der Waals surface area contributed by atoms with Gasteiger partial charge in [0.15, 0.2) is 0 Å². The van der Waals surface area contributed by atoms with E-state index in [1.54, 1.807) is 6.07 Å². The number of nitrogens with one attached hydrogen (secondary N) is 1. The molecule has 1 aliphatic rings. The van der Waals surface area contributed by atoms with E-state index in [-0.39, 0.29) is 18.8 Å². The van der Waals surface area contributed by atoms with Gasteiger partial charge in [0.05, 0.1) is 0 Å². The Morgan fingerprint density at radius 1 is 1.08 bits per heavy atom. The van der Waals surface area contributed by atoms with Crippen LogP contribution in [0.25, 0.3) is 0 Å². The molecule has 0 unspecified atom stereocenters. The zero-order valence-electron chi connectivity index (χ0n) is 14.6. The first-order chi connectivity index (χ1) is 12.7. The van der Waals surface area contributed by atoms with E-state index in [9.17, 15) is 9.59 Å². The third-order valence-electron chi connectivity index (χ3n) is 4.20. The molecule has 136 valence electrons. The molecule has 1 aromatic carbocycles. The lowest BCUT2D eigenvalue weighted by molar-refractivity contribution is -0.143. The molecule has 1 fully saturated rings. The minimum Gasteiger partial charge on any atom is -0.460 e. The second kappa shape index (κ2) is 8.94. The lowest BCUT2D eigenvalue weighted by Gasteiger charge is -2.27. The summed E-state index contributed by atoms with van der Waals surface area (Å²) in [6.45, 7) is 1.85. The number of esters is 1. The summed E-state index contributed by atoms with van der Waals surface area (Å²) in [5, 5.41) is 2.54. The molecule has 1 aliphatic heterocycles. The van der Waals surface area contributed by atoms with Gasteiger partial charge in [0, 0.05) is 19.2 Å². The Hall–Kier alpha value is -2.96. The Labute approximate surface area is 152 Å². The Bertz CT molecular complexity index is 745. The van der Waals surface area contributed by atoms with Crippen LogP contribution < -0.4 is 10.2 Å². The van der Waals surface area contributed by atoms with Gasteiger partial charge < -0.3 is 15.0 Å². The number of aromatic nitrogens is 2. The molecule has 7 nitrogen and oxygen atoms in total. The van der Waals surface area contributed by atoms with Crippen molar-refractivity contribution in [3.63, 3.8) is 0 Å².